The maximum absolute atomic E-state index is 12.0. The molecule has 4 aliphatic rings. The smallest absolute Gasteiger partial charge is 0.229 e. The van der Waals surface area contributed by atoms with E-state index in [0.29, 0.717) is 0 Å². The monoisotopic (exact) mass is 644 g/mol. The molecule has 3 heterocycles. The van der Waals surface area contributed by atoms with Crippen LogP contribution in [0, 0.1) is 0 Å². The summed E-state index contributed by atoms with van der Waals surface area (Å²) in [6, 6.07) is 7.58. The van der Waals surface area contributed by atoms with E-state index in [4.69, 9.17) is 28.1 Å². The Morgan fingerprint density at radius 3 is 2.16 bits per heavy atom. The molecule has 1 aromatic rings. The van der Waals surface area contributed by atoms with E-state index in [1.54, 1.807) is 0 Å². The fourth-order valence-corrected chi connectivity index (χ4v) is 4.90. The zero-order chi connectivity index (χ0) is 31.2. The molecule has 1 aromatic carbocycles. The highest BCUT2D eigenvalue weighted by atomic mass is 35.5. The van der Waals surface area contributed by atoms with E-state index < -0.39 is 79.2 Å². The zero-order valence-electron chi connectivity index (χ0n) is 23.3. The molecular weight excluding hydrogens is 612 g/mol. The van der Waals surface area contributed by atoms with Crippen LogP contribution in [-0.4, -0.2) is 116 Å². The normalized spacial score (nSPS) is 32.2. The number of methoxy groups -OCH3 is 1. The third-order valence-electron chi connectivity index (χ3n) is 7.39. The van der Waals surface area contributed by atoms with Gasteiger partial charge in [-0.15, -0.1) is 12.4 Å². The summed E-state index contributed by atoms with van der Waals surface area (Å²) in [6.07, 6.45) is -15.2. The second-order valence-electron chi connectivity index (χ2n) is 10.3. The molecular formula is C28H33ClO15. The quantitative estimate of drug-likeness (QED) is 0.158. The number of aliphatic hydroxyl groups is 6. The molecule has 15 nitrogen and oxygen atoms in total. The van der Waals surface area contributed by atoms with Crippen molar-refractivity contribution < 1.29 is 69.0 Å². The van der Waals surface area contributed by atoms with Crippen LogP contribution in [0.1, 0.15) is 6.92 Å². The molecule has 3 aliphatic heterocycles. The van der Waals surface area contributed by atoms with E-state index in [0.717, 1.165) is 12.1 Å². The van der Waals surface area contributed by atoms with Crippen molar-refractivity contribution in [3.8, 4) is 45.6 Å². The molecule has 16 heteroatoms. The van der Waals surface area contributed by atoms with Crippen molar-refractivity contribution in [2.24, 2.45) is 0 Å². The number of aliphatic hydroxyl groups excluding tert-OH is 6. The lowest BCUT2D eigenvalue weighted by Gasteiger charge is -2.42. The second-order valence-corrected chi connectivity index (χ2v) is 10.3. The van der Waals surface area contributed by atoms with Crippen molar-refractivity contribution in [2.75, 3.05) is 13.7 Å². The number of phenolic OH excluding ortho intramolecular Hbond substituents is 2. The highest BCUT2D eigenvalue weighted by Gasteiger charge is 2.47. The second kappa shape index (κ2) is 13.4. The third kappa shape index (κ3) is 6.43. The average Bonchev–Trinajstić information content (AvgIpc) is 2.98. The maximum Gasteiger partial charge on any atom is 0.229 e. The fourth-order valence-electron chi connectivity index (χ4n) is 4.90. The summed E-state index contributed by atoms with van der Waals surface area (Å²) in [6.45, 7) is 0.941. The van der Waals surface area contributed by atoms with Gasteiger partial charge in [0.2, 0.25) is 6.29 Å². The molecule has 10 atom stereocenters. The van der Waals surface area contributed by atoms with Gasteiger partial charge in [-0.25, -0.2) is 0 Å². The van der Waals surface area contributed by atoms with Gasteiger partial charge in [-0.3, -0.25) is 4.79 Å². The fraction of sp³-hybridized carbons (Fsp3) is 0.464. The highest BCUT2D eigenvalue weighted by Crippen LogP contribution is 2.43. The number of rotatable bonds is 7. The van der Waals surface area contributed by atoms with Crippen molar-refractivity contribution >= 4 is 12.4 Å². The molecule has 0 bridgehead atoms. The summed E-state index contributed by atoms with van der Waals surface area (Å²) in [7, 11) is 1.33. The van der Waals surface area contributed by atoms with Crippen LogP contribution in [0.2, 0.25) is 0 Å². The summed E-state index contributed by atoms with van der Waals surface area (Å²) in [4.78, 5) is 12.0. The summed E-state index contributed by atoms with van der Waals surface area (Å²) in [5.74, 6) is -0.727. The van der Waals surface area contributed by atoms with Gasteiger partial charge in [0.1, 0.15) is 54.2 Å². The lowest BCUT2D eigenvalue weighted by atomic mass is 9.98. The summed E-state index contributed by atoms with van der Waals surface area (Å²) >= 11 is 0. The van der Waals surface area contributed by atoms with Crippen molar-refractivity contribution in [3.63, 3.8) is 0 Å². The summed E-state index contributed by atoms with van der Waals surface area (Å²) in [5.41, 5.74) is -0.189. The molecule has 0 unspecified atom stereocenters. The van der Waals surface area contributed by atoms with Crippen LogP contribution in [0.3, 0.4) is 0 Å². The molecule has 2 fully saturated rings. The SMILES string of the molecule is COc1cc(-c2oc3cc(=O)cc(O)c-3cc2O[C@@H]2O[C@H](CO[C@@H]3O[C@@H](C)[C@H](O)[C@@H](O)[C@H]3O)[C@@H](O)[C@H](O)[C@H]2O)ccc1O.Cl. The molecule has 0 radical (unpaired) electrons. The summed E-state index contributed by atoms with van der Waals surface area (Å²) < 4.78 is 33.6. The Hall–Kier alpha value is -3.22. The van der Waals surface area contributed by atoms with Crippen LogP contribution in [0.4, 0.5) is 0 Å². The van der Waals surface area contributed by atoms with Crippen LogP contribution in [0.15, 0.2) is 45.6 Å². The predicted molar refractivity (Wildman–Crippen MR) is 150 cm³/mol. The van der Waals surface area contributed by atoms with Crippen LogP contribution < -0.4 is 14.9 Å². The molecule has 8 N–H and O–H groups in total. The molecule has 0 aromatic heterocycles. The Morgan fingerprint density at radius 1 is 0.773 bits per heavy atom. The van der Waals surface area contributed by atoms with Crippen LogP contribution >= 0.6 is 12.4 Å². The standard InChI is InChI=1S/C28H32O15.ClH/c1-10-20(32)22(34)24(36)27(40-10)39-9-19-21(33)23(35)25(37)28(43-19)42-18-8-13-15(31)6-12(29)7-16(13)41-26(18)11-3-4-14(30)17(5-11)38-2;/h3-8,10,19-25,27-28,30-37H,9H2,1-2H3;1H/t10-,19+,20-,21+,22+,23-,24+,25+,27+,28+;/m0./s1. The molecule has 44 heavy (non-hydrogen) atoms. The topological polar surface area (TPSA) is 238 Å². The minimum Gasteiger partial charge on any atom is -0.507 e. The first-order valence-corrected chi connectivity index (χ1v) is 13.3. The van der Waals surface area contributed by atoms with Gasteiger partial charge in [0.15, 0.2) is 34.7 Å². The van der Waals surface area contributed by atoms with E-state index in [1.165, 1.54) is 38.3 Å². The average molecular weight is 645 g/mol. The van der Waals surface area contributed by atoms with Gasteiger partial charge in [0.25, 0.3) is 0 Å². The Balaban J connectivity index is 0.00000442. The van der Waals surface area contributed by atoms with E-state index in [-0.39, 0.29) is 52.3 Å². The van der Waals surface area contributed by atoms with Gasteiger partial charge in [-0.05, 0) is 31.2 Å². The molecule has 0 spiro atoms. The molecule has 0 saturated carbocycles. The molecule has 1 aliphatic carbocycles. The largest absolute Gasteiger partial charge is 0.507 e. The molecule has 242 valence electrons. The van der Waals surface area contributed by atoms with Gasteiger partial charge in [-0.1, -0.05) is 0 Å². The van der Waals surface area contributed by atoms with Crippen LogP contribution in [-0.2, 0) is 14.2 Å². The molecule has 2 saturated heterocycles. The first-order valence-electron chi connectivity index (χ1n) is 13.3. The minimum absolute atomic E-state index is 0. The van der Waals surface area contributed by atoms with Gasteiger partial charge >= 0.3 is 0 Å². The molecule has 0 amide bonds. The predicted octanol–water partition coefficient (Wildman–Crippen LogP) is -0.716. The Bertz CT molecular complexity index is 1470. The minimum atomic E-state index is -1.81. The highest BCUT2D eigenvalue weighted by molar-refractivity contribution is 5.85. The Labute approximate surface area is 255 Å². The third-order valence-corrected chi connectivity index (χ3v) is 7.39. The van der Waals surface area contributed by atoms with E-state index in [9.17, 15) is 45.6 Å². The molecule has 5 rings (SSSR count). The van der Waals surface area contributed by atoms with Crippen molar-refractivity contribution in [1.82, 2.24) is 0 Å². The maximum atomic E-state index is 12.0. The van der Waals surface area contributed by atoms with Crippen LogP contribution in [0.25, 0.3) is 22.6 Å². The zero-order valence-corrected chi connectivity index (χ0v) is 24.1. The number of halogens is 1. The van der Waals surface area contributed by atoms with Crippen molar-refractivity contribution in [2.45, 2.75) is 68.3 Å². The Morgan fingerprint density at radius 2 is 1.45 bits per heavy atom. The Kier molecular flexibility index (Phi) is 10.3. The van der Waals surface area contributed by atoms with E-state index in [2.05, 4.69) is 0 Å². The van der Waals surface area contributed by atoms with Crippen molar-refractivity contribution in [1.29, 1.82) is 0 Å². The van der Waals surface area contributed by atoms with Gasteiger partial charge in [-0.2, -0.15) is 0 Å². The number of phenols is 2. The van der Waals surface area contributed by atoms with Crippen LogP contribution in [0.5, 0.6) is 23.0 Å². The first-order chi connectivity index (χ1) is 20.4. The number of hydrogen-bond acceptors (Lipinski definition) is 15. The first kappa shape index (κ1) is 33.7. The lowest BCUT2D eigenvalue weighted by molar-refractivity contribution is -0.318. The number of fused-ring (bicyclic) bond motifs is 1. The van der Waals surface area contributed by atoms with Gasteiger partial charge in [0, 0.05) is 17.7 Å². The van der Waals surface area contributed by atoms with Crippen molar-refractivity contribution in [3.05, 3.63) is 46.6 Å². The number of benzene rings is 2. The summed E-state index contributed by atoms with van der Waals surface area (Å²) in [5, 5.41) is 82.5. The number of hydrogen-bond donors (Lipinski definition) is 8. The van der Waals surface area contributed by atoms with E-state index >= 15 is 0 Å². The van der Waals surface area contributed by atoms with Gasteiger partial charge in [0.05, 0.1) is 25.4 Å². The number of ether oxygens (including phenoxy) is 5. The van der Waals surface area contributed by atoms with Gasteiger partial charge < -0.3 is 69.0 Å². The van der Waals surface area contributed by atoms with E-state index in [1.807, 2.05) is 0 Å². The number of aromatic hydroxyl groups is 2. The lowest BCUT2D eigenvalue weighted by Crippen LogP contribution is -2.61.